The van der Waals surface area contributed by atoms with E-state index in [9.17, 15) is 0 Å². The molecule has 2 nitrogen and oxygen atoms in total. The predicted octanol–water partition coefficient (Wildman–Crippen LogP) is 4.74. The Kier molecular flexibility index (Phi) is 13.5. The first-order chi connectivity index (χ1) is 7.12. The first kappa shape index (κ1) is 20.2. The van der Waals surface area contributed by atoms with Gasteiger partial charge in [-0.2, -0.15) is 0 Å². The minimum absolute atomic E-state index is 0.358. The van der Waals surface area contributed by atoms with Crippen molar-refractivity contribution in [3.63, 3.8) is 0 Å². The summed E-state index contributed by atoms with van der Waals surface area (Å²) >= 11 is 10.7. The van der Waals surface area contributed by atoms with Crippen molar-refractivity contribution in [1.82, 2.24) is 0 Å². The molecule has 0 saturated heterocycles. The van der Waals surface area contributed by atoms with Gasteiger partial charge in [-0.05, 0) is 0 Å². The molecule has 0 aromatic carbocycles. The van der Waals surface area contributed by atoms with E-state index in [2.05, 4.69) is 74.3 Å². The van der Waals surface area contributed by atoms with Crippen LogP contribution in [0.15, 0.2) is 0 Å². The Hall–Kier alpha value is 1.83. The maximum atomic E-state index is 4.66. The van der Waals surface area contributed by atoms with Crippen molar-refractivity contribution in [2.75, 3.05) is 27.4 Å². The van der Waals surface area contributed by atoms with Crippen LogP contribution in [0.1, 0.15) is 27.2 Å². The van der Waals surface area contributed by atoms with Crippen molar-refractivity contribution >= 4 is 39.9 Å². The van der Waals surface area contributed by atoms with Gasteiger partial charge in [0.05, 0.1) is 13.2 Å². The summed E-state index contributed by atoms with van der Waals surface area (Å²) in [5.41, 5.74) is 0.358. The third kappa shape index (κ3) is 24.9. The van der Waals surface area contributed by atoms with Crippen LogP contribution in [0.2, 0.25) is 0 Å². The molecule has 0 aliphatic rings. The molecule has 0 bridgehead atoms. The van der Waals surface area contributed by atoms with Crippen LogP contribution >= 0.6 is 39.9 Å². The van der Waals surface area contributed by atoms with Gasteiger partial charge in [-0.15, -0.1) is 0 Å². The van der Waals surface area contributed by atoms with E-state index >= 15 is 0 Å². The number of halogens is 3. The number of hydrogen-bond donors (Lipinski definition) is 0. The summed E-state index contributed by atoms with van der Waals surface area (Å²) in [4.78, 5) is 0. The van der Waals surface area contributed by atoms with E-state index in [1.165, 1.54) is 0 Å². The summed E-state index contributed by atoms with van der Waals surface area (Å²) in [6.45, 7) is 8.02. The van der Waals surface area contributed by atoms with E-state index in [0.29, 0.717) is 18.6 Å². The maximum Gasteiger partial charge on any atom is 0.0696 e. The van der Waals surface area contributed by atoms with Gasteiger partial charge in [-0.25, -0.2) is 0 Å². The molecule has 6 heteroatoms. The largest absolute Gasteiger partial charge is 0.382 e. The van der Waals surface area contributed by atoms with Gasteiger partial charge >= 0.3 is 85.9 Å². The normalized spacial score (nSPS) is 11.5. The zero-order valence-corrected chi connectivity index (χ0v) is 18.2. The average molecular weight is 597 g/mol. The average Bonchev–Trinajstić information content (AvgIpc) is 2.11. The van der Waals surface area contributed by atoms with E-state index in [-0.39, 0.29) is 0 Å². The fraction of sp³-hybridized carbons (Fsp3) is 0.900. The minimum Gasteiger partial charge on any atom is -0.382 e. The van der Waals surface area contributed by atoms with E-state index < -0.39 is 9.23 Å². The Labute approximate surface area is 122 Å². The third-order valence-corrected chi connectivity index (χ3v) is 8.57. The Balaban J connectivity index is 0. The molecule has 16 heavy (non-hydrogen) atoms. The van der Waals surface area contributed by atoms with Gasteiger partial charge in [0.15, 0.2) is 0 Å². The van der Waals surface area contributed by atoms with Crippen molar-refractivity contribution in [2.45, 2.75) is 27.2 Å². The second kappa shape index (κ2) is 10.7. The summed E-state index contributed by atoms with van der Waals surface area (Å²) in [5, 5.41) is 0. The van der Waals surface area contributed by atoms with Crippen LogP contribution in [-0.2, 0) is 18.7 Å². The first-order valence-corrected chi connectivity index (χ1v) is 25.5. The second-order valence-corrected chi connectivity index (χ2v) is 53.4. The number of rotatable bonds is 3. The van der Waals surface area contributed by atoms with Gasteiger partial charge in [0.25, 0.3) is 0 Å². The van der Waals surface area contributed by atoms with Gasteiger partial charge in [-0.3, -0.25) is 0 Å². The summed E-state index contributed by atoms with van der Waals surface area (Å²) in [7, 11) is 1.09. The molecule has 0 N–H and O–H groups in total. The summed E-state index contributed by atoms with van der Waals surface area (Å²) < 4.78 is 12.7. The molecule has 0 aliphatic heterocycles. The molecular formula is C10H21Br3O2W. The molecule has 0 aromatic heterocycles. The molecule has 0 radical (unpaired) electrons. The summed E-state index contributed by atoms with van der Waals surface area (Å²) in [6.07, 6.45) is 1.03. The van der Waals surface area contributed by atoms with Crippen LogP contribution in [-0.4, -0.2) is 27.4 Å². The van der Waals surface area contributed by atoms with Crippen LogP contribution < -0.4 is 0 Å². The molecule has 100 valence electrons. The molecule has 0 spiro atoms. The van der Waals surface area contributed by atoms with Gasteiger partial charge in [0.2, 0.25) is 0 Å². The number of ether oxygens (including phenoxy) is 2. The van der Waals surface area contributed by atoms with Crippen molar-refractivity contribution in [1.29, 1.82) is 0 Å². The summed E-state index contributed by atoms with van der Waals surface area (Å²) in [5.74, 6) is 0. The number of methoxy groups -OCH3 is 2. The van der Waals surface area contributed by atoms with Crippen LogP contribution in [0.3, 0.4) is 0 Å². The fourth-order valence-corrected chi connectivity index (χ4v) is 5.42. The Morgan fingerprint density at radius 3 is 1.50 bits per heavy atom. The Bertz CT molecular complexity index is 249. The van der Waals surface area contributed by atoms with Crippen LogP contribution in [0.5, 0.6) is 0 Å². The molecule has 0 rings (SSSR count). The van der Waals surface area contributed by atoms with Crippen molar-refractivity contribution in [3.05, 3.63) is 0 Å². The maximum absolute atomic E-state index is 4.66. The quantitative estimate of drug-likeness (QED) is 0.439. The van der Waals surface area contributed by atoms with E-state index in [1.54, 1.807) is 14.2 Å². The van der Waals surface area contributed by atoms with Crippen molar-refractivity contribution in [3.8, 4) is 4.20 Å². The molecule has 0 unspecified atom stereocenters. The molecule has 0 heterocycles. The SMILES string of the molecule is CC(C)(C)C[C]#[W]([Br])([Br])[Br].COCCOC. The van der Waals surface area contributed by atoms with Gasteiger partial charge in [-0.1, -0.05) is 0 Å². The molecule has 0 amide bonds. The molecule has 0 aromatic rings. The molecule has 0 aliphatic carbocycles. The number of hydrogen-bond acceptors (Lipinski definition) is 2. The van der Waals surface area contributed by atoms with Crippen LogP contribution in [0.25, 0.3) is 0 Å². The van der Waals surface area contributed by atoms with Gasteiger partial charge in [0.1, 0.15) is 0 Å². The molecule has 0 saturated carbocycles. The van der Waals surface area contributed by atoms with Gasteiger partial charge in [0, 0.05) is 14.2 Å². The molecular weight excluding hydrogens is 576 g/mol. The fourth-order valence-electron chi connectivity index (χ4n) is 0.465. The Morgan fingerprint density at radius 2 is 1.38 bits per heavy atom. The topological polar surface area (TPSA) is 18.5 Å². The second-order valence-electron chi connectivity index (χ2n) is 4.27. The van der Waals surface area contributed by atoms with Crippen molar-refractivity contribution < 1.29 is 18.7 Å². The minimum atomic E-state index is -2.22. The predicted molar refractivity (Wildman–Crippen MR) is 78.5 cm³/mol. The monoisotopic (exact) mass is 594 g/mol. The van der Waals surface area contributed by atoms with E-state index in [1.807, 2.05) is 0 Å². The van der Waals surface area contributed by atoms with E-state index in [0.717, 1.165) is 6.42 Å². The summed E-state index contributed by atoms with van der Waals surface area (Å²) in [6, 6.07) is 0. The first-order valence-electron chi connectivity index (χ1n) is 4.77. The smallest absolute Gasteiger partial charge is 0.0696 e. The van der Waals surface area contributed by atoms with Crippen LogP contribution in [0, 0.1) is 9.62 Å². The van der Waals surface area contributed by atoms with E-state index in [4.69, 9.17) is 0 Å². The molecule has 0 fully saturated rings. The third-order valence-electron chi connectivity index (χ3n) is 1.26. The van der Waals surface area contributed by atoms with Crippen LogP contribution in [0.4, 0.5) is 0 Å². The van der Waals surface area contributed by atoms with Gasteiger partial charge < -0.3 is 9.47 Å². The van der Waals surface area contributed by atoms with Crippen molar-refractivity contribution in [2.24, 2.45) is 5.41 Å². The zero-order chi connectivity index (χ0) is 13.2. The molecule has 0 atom stereocenters. The zero-order valence-electron chi connectivity index (χ0n) is 10.5. The standard InChI is InChI=1S/C6H11.C4H10O2.3BrH.W/c1-5-6(2,3)4;1-5-3-4-6-2;;;;/h5H2,2-4H3;3-4H2,1-2H3;3*1H;/q;;;;;+3/p-3. The Morgan fingerprint density at radius 1 is 1.00 bits per heavy atom.